The Labute approximate surface area is 176 Å². The third-order valence-corrected chi connectivity index (χ3v) is 5.19. The van der Waals surface area contributed by atoms with Crippen LogP contribution in [0.1, 0.15) is 29.9 Å². The van der Waals surface area contributed by atoms with E-state index in [2.05, 4.69) is 5.32 Å². The van der Waals surface area contributed by atoms with Gasteiger partial charge in [0.2, 0.25) is 0 Å². The molecule has 1 unspecified atom stereocenters. The second-order valence-electron chi connectivity index (χ2n) is 7.43. The molecule has 4 aromatic rings. The fourth-order valence-electron chi connectivity index (χ4n) is 3.67. The number of fused-ring (bicyclic) bond motifs is 1. The fourth-order valence-corrected chi connectivity index (χ4v) is 3.67. The molecule has 0 amide bonds. The maximum Gasteiger partial charge on any atom is 0.261 e. The van der Waals surface area contributed by atoms with Crippen molar-refractivity contribution >= 4 is 16.6 Å². The molecule has 0 aliphatic heterocycles. The maximum absolute atomic E-state index is 13.4. The molecule has 1 atom stereocenters. The summed E-state index contributed by atoms with van der Waals surface area (Å²) in [7, 11) is 1.65. The van der Waals surface area contributed by atoms with E-state index in [1.807, 2.05) is 86.6 Å². The van der Waals surface area contributed by atoms with E-state index < -0.39 is 0 Å². The summed E-state index contributed by atoms with van der Waals surface area (Å²) in [5.74, 6) is 1.44. The number of aromatic nitrogens is 2. The lowest BCUT2D eigenvalue weighted by Crippen LogP contribution is -2.29. The van der Waals surface area contributed by atoms with E-state index in [-0.39, 0.29) is 11.6 Å². The van der Waals surface area contributed by atoms with E-state index in [4.69, 9.17) is 9.72 Å². The number of ether oxygens (including phenoxy) is 1. The summed E-state index contributed by atoms with van der Waals surface area (Å²) in [5, 5.41) is 4.11. The summed E-state index contributed by atoms with van der Waals surface area (Å²) in [6, 6.07) is 23.2. The number of nitrogens with zero attached hydrogens (tertiary/aromatic N) is 2. The van der Waals surface area contributed by atoms with Gasteiger partial charge in [0, 0.05) is 0 Å². The van der Waals surface area contributed by atoms with Gasteiger partial charge in [0.25, 0.3) is 5.56 Å². The number of benzene rings is 3. The predicted octanol–water partition coefficient (Wildman–Crippen LogP) is 4.93. The molecule has 1 N–H and O–H groups in total. The van der Waals surface area contributed by atoms with Crippen molar-refractivity contribution < 1.29 is 4.74 Å². The lowest BCUT2D eigenvalue weighted by molar-refractivity contribution is 0.416. The van der Waals surface area contributed by atoms with Gasteiger partial charge in [0.1, 0.15) is 11.6 Å². The smallest absolute Gasteiger partial charge is 0.261 e. The van der Waals surface area contributed by atoms with E-state index in [1.54, 1.807) is 11.7 Å². The lowest BCUT2D eigenvalue weighted by atomic mass is 10.1. The van der Waals surface area contributed by atoms with Crippen molar-refractivity contribution in [2.45, 2.75) is 26.4 Å². The van der Waals surface area contributed by atoms with Crippen molar-refractivity contribution in [3.63, 3.8) is 0 Å². The van der Waals surface area contributed by atoms with Crippen LogP contribution in [0.25, 0.3) is 10.9 Å². The van der Waals surface area contributed by atoms with Crippen molar-refractivity contribution in [3.8, 4) is 5.75 Å². The van der Waals surface area contributed by atoms with Crippen molar-refractivity contribution in [2.75, 3.05) is 12.4 Å². The van der Waals surface area contributed by atoms with Gasteiger partial charge in [-0.05, 0) is 49.2 Å². The molecule has 5 nitrogen and oxygen atoms in total. The molecule has 5 heteroatoms. The third-order valence-electron chi connectivity index (χ3n) is 5.19. The Morgan fingerprint density at radius 2 is 1.77 bits per heavy atom. The minimum atomic E-state index is -0.207. The summed E-state index contributed by atoms with van der Waals surface area (Å²) >= 11 is 0. The number of methoxy groups -OCH3 is 1. The highest BCUT2D eigenvalue weighted by Gasteiger charge is 2.18. The van der Waals surface area contributed by atoms with Crippen LogP contribution in [0, 0.1) is 6.92 Å². The summed E-state index contributed by atoms with van der Waals surface area (Å²) in [6.07, 6.45) is 0. The van der Waals surface area contributed by atoms with Gasteiger partial charge in [0.15, 0.2) is 0 Å². The Morgan fingerprint density at radius 3 is 2.53 bits per heavy atom. The number of anilines is 1. The molecule has 1 heterocycles. The Kier molecular flexibility index (Phi) is 5.53. The quantitative estimate of drug-likeness (QED) is 0.499. The van der Waals surface area contributed by atoms with Crippen LogP contribution in [0.3, 0.4) is 0 Å². The molecule has 0 bridgehead atoms. The minimum absolute atomic E-state index is 0.0377. The topological polar surface area (TPSA) is 56.1 Å². The van der Waals surface area contributed by atoms with Crippen LogP contribution in [0.4, 0.5) is 5.69 Å². The Hall–Kier alpha value is -3.60. The zero-order valence-corrected chi connectivity index (χ0v) is 17.4. The number of hydrogen-bond acceptors (Lipinski definition) is 4. The first kappa shape index (κ1) is 19.7. The molecule has 0 saturated heterocycles. The highest BCUT2D eigenvalue weighted by molar-refractivity contribution is 5.77. The monoisotopic (exact) mass is 399 g/mol. The Balaban J connectivity index is 1.81. The second kappa shape index (κ2) is 8.41. The fraction of sp³-hybridized carbons (Fsp3) is 0.200. The molecule has 3 aromatic carbocycles. The van der Waals surface area contributed by atoms with E-state index in [9.17, 15) is 4.79 Å². The standard InChI is InChI=1S/C25H25N3O2/c1-17-13-14-23(30-3)22(15-17)26-18(2)24-27-21-12-8-7-11-20(21)25(29)28(24)16-19-9-5-4-6-10-19/h4-15,18,26H,16H2,1-3H3. The lowest BCUT2D eigenvalue weighted by Gasteiger charge is -2.22. The predicted molar refractivity (Wildman–Crippen MR) is 121 cm³/mol. The number of nitrogens with one attached hydrogen (secondary N) is 1. The number of rotatable bonds is 6. The van der Waals surface area contributed by atoms with Crippen molar-refractivity contribution in [1.29, 1.82) is 0 Å². The van der Waals surface area contributed by atoms with Crippen LogP contribution in [0.15, 0.2) is 77.6 Å². The summed E-state index contributed by atoms with van der Waals surface area (Å²) in [6.45, 7) is 4.51. The minimum Gasteiger partial charge on any atom is -0.495 e. The van der Waals surface area contributed by atoms with Gasteiger partial charge in [-0.15, -0.1) is 0 Å². The van der Waals surface area contributed by atoms with Gasteiger partial charge in [-0.2, -0.15) is 0 Å². The van der Waals surface area contributed by atoms with E-state index in [0.717, 1.165) is 22.6 Å². The molecule has 1 aromatic heterocycles. The number of para-hydroxylation sites is 1. The largest absolute Gasteiger partial charge is 0.495 e. The van der Waals surface area contributed by atoms with E-state index >= 15 is 0 Å². The van der Waals surface area contributed by atoms with Crippen LogP contribution < -0.4 is 15.6 Å². The van der Waals surface area contributed by atoms with Gasteiger partial charge in [0.05, 0.1) is 36.3 Å². The molecule has 0 spiro atoms. The van der Waals surface area contributed by atoms with E-state index in [1.165, 1.54) is 0 Å². The average Bonchev–Trinajstić information content (AvgIpc) is 2.76. The van der Waals surface area contributed by atoms with Crippen LogP contribution in [0.5, 0.6) is 5.75 Å². The highest BCUT2D eigenvalue weighted by atomic mass is 16.5. The molecule has 4 rings (SSSR count). The van der Waals surface area contributed by atoms with Crippen LogP contribution in [-0.4, -0.2) is 16.7 Å². The average molecular weight is 399 g/mol. The molecule has 30 heavy (non-hydrogen) atoms. The van der Waals surface area contributed by atoms with Gasteiger partial charge in [-0.25, -0.2) is 4.98 Å². The first-order valence-electron chi connectivity index (χ1n) is 10.0. The summed E-state index contributed by atoms with van der Waals surface area (Å²) < 4.78 is 7.27. The second-order valence-corrected chi connectivity index (χ2v) is 7.43. The SMILES string of the molecule is COc1ccc(C)cc1NC(C)c1nc2ccccc2c(=O)n1Cc1ccccc1. The van der Waals surface area contributed by atoms with Gasteiger partial charge in [-0.3, -0.25) is 9.36 Å². The van der Waals surface area contributed by atoms with Crippen molar-refractivity contribution in [2.24, 2.45) is 0 Å². The molecule has 152 valence electrons. The van der Waals surface area contributed by atoms with Crippen molar-refractivity contribution in [3.05, 3.63) is 100 Å². The zero-order chi connectivity index (χ0) is 21.1. The summed E-state index contributed by atoms with van der Waals surface area (Å²) in [4.78, 5) is 18.2. The molecule has 0 aliphatic carbocycles. The van der Waals surface area contributed by atoms with Gasteiger partial charge in [-0.1, -0.05) is 48.5 Å². The normalized spacial score (nSPS) is 12.0. The molecule has 0 fully saturated rings. The molecule has 0 saturated carbocycles. The van der Waals surface area contributed by atoms with Crippen LogP contribution in [-0.2, 0) is 6.54 Å². The first-order chi connectivity index (χ1) is 14.6. The van der Waals surface area contributed by atoms with Crippen molar-refractivity contribution in [1.82, 2.24) is 9.55 Å². The summed E-state index contributed by atoms with van der Waals surface area (Å²) in [5.41, 5.74) is 3.71. The number of hydrogen-bond donors (Lipinski definition) is 1. The zero-order valence-electron chi connectivity index (χ0n) is 17.4. The maximum atomic E-state index is 13.4. The van der Waals surface area contributed by atoms with Crippen LogP contribution >= 0.6 is 0 Å². The van der Waals surface area contributed by atoms with E-state index in [0.29, 0.717) is 23.3 Å². The molecular weight excluding hydrogens is 374 g/mol. The van der Waals surface area contributed by atoms with Gasteiger partial charge >= 0.3 is 0 Å². The molecule has 0 radical (unpaired) electrons. The Morgan fingerprint density at radius 1 is 1.03 bits per heavy atom. The molecular formula is C25H25N3O2. The number of aryl methyl sites for hydroxylation is 1. The van der Waals surface area contributed by atoms with Crippen LogP contribution in [0.2, 0.25) is 0 Å². The highest BCUT2D eigenvalue weighted by Crippen LogP contribution is 2.29. The first-order valence-corrected chi connectivity index (χ1v) is 10.0. The Bertz CT molecular complexity index is 1230. The van der Waals surface area contributed by atoms with Gasteiger partial charge < -0.3 is 10.1 Å². The third kappa shape index (κ3) is 3.92. The molecule has 0 aliphatic rings.